The first kappa shape index (κ1) is 24.4. The average molecular weight is 474 g/mol. The summed E-state index contributed by atoms with van der Waals surface area (Å²) >= 11 is 0. The van der Waals surface area contributed by atoms with E-state index in [-0.39, 0.29) is 29.8 Å². The van der Waals surface area contributed by atoms with Crippen LogP contribution in [0, 0.1) is 6.92 Å². The number of carbonyl (C=O) groups is 3. The van der Waals surface area contributed by atoms with Gasteiger partial charge in [0, 0.05) is 29.6 Å². The Morgan fingerprint density at radius 2 is 1.65 bits per heavy atom. The van der Waals surface area contributed by atoms with Crippen LogP contribution in [0.2, 0.25) is 0 Å². The van der Waals surface area contributed by atoms with Crippen molar-refractivity contribution in [1.29, 1.82) is 0 Å². The maximum absolute atomic E-state index is 13.1. The van der Waals surface area contributed by atoms with Gasteiger partial charge in [-0.1, -0.05) is 18.2 Å². The van der Waals surface area contributed by atoms with Crippen LogP contribution in [0.4, 0.5) is 29.3 Å². The lowest BCUT2D eigenvalue weighted by Crippen LogP contribution is -2.20. The highest BCUT2D eigenvalue weighted by atomic mass is 19.4. The number of halogens is 3. The number of aryl methyl sites for hydroxylation is 2. The van der Waals surface area contributed by atoms with Crippen molar-refractivity contribution >= 4 is 29.3 Å². The van der Waals surface area contributed by atoms with E-state index in [1.807, 2.05) is 0 Å². The zero-order chi connectivity index (χ0) is 25.0. The molecule has 0 saturated carbocycles. The maximum atomic E-state index is 13.1. The van der Waals surface area contributed by atoms with E-state index in [1.165, 1.54) is 37.4 Å². The summed E-state index contributed by atoms with van der Waals surface area (Å²) < 4.78 is 39.2. The number of alkyl halides is 3. The van der Waals surface area contributed by atoms with Crippen LogP contribution in [-0.2, 0) is 17.4 Å². The molecule has 1 heterocycles. The normalized spacial score (nSPS) is 11.2. The van der Waals surface area contributed by atoms with Gasteiger partial charge in [0.15, 0.2) is 0 Å². The SMILES string of the molecule is Cc1ccc(NC(=O)Nc2ccc(-c3c(CCC(=O)O)c[nH]c3C(N)=O)cc2)cc1C(F)(F)F. The van der Waals surface area contributed by atoms with Gasteiger partial charge in [-0.3, -0.25) is 9.59 Å². The van der Waals surface area contributed by atoms with E-state index in [0.717, 1.165) is 6.07 Å². The summed E-state index contributed by atoms with van der Waals surface area (Å²) in [4.78, 5) is 37.7. The number of H-pyrrole nitrogens is 1. The zero-order valence-electron chi connectivity index (χ0n) is 17.9. The van der Waals surface area contributed by atoms with Crippen molar-refractivity contribution in [1.82, 2.24) is 4.98 Å². The van der Waals surface area contributed by atoms with E-state index in [4.69, 9.17) is 10.8 Å². The minimum atomic E-state index is -4.54. The van der Waals surface area contributed by atoms with Crippen LogP contribution < -0.4 is 16.4 Å². The number of carbonyl (C=O) groups excluding carboxylic acids is 2. The van der Waals surface area contributed by atoms with Crippen molar-refractivity contribution < 1.29 is 32.7 Å². The van der Waals surface area contributed by atoms with Crippen molar-refractivity contribution in [2.75, 3.05) is 10.6 Å². The number of aromatic amines is 1. The number of amides is 3. The molecule has 8 nitrogen and oxygen atoms in total. The second-order valence-corrected chi connectivity index (χ2v) is 7.51. The standard InChI is InChI=1S/C23H21F3N4O4/c1-12-2-6-16(10-17(12)23(24,25)26)30-22(34)29-15-7-3-13(4-8-15)19-14(5-9-18(31)32)11-28-20(19)21(27)33/h2-4,6-8,10-11,28H,5,9H2,1H3,(H2,27,33)(H,31,32)(H2,29,30,34). The molecule has 0 unspecified atom stereocenters. The summed E-state index contributed by atoms with van der Waals surface area (Å²) in [7, 11) is 0. The van der Waals surface area contributed by atoms with Gasteiger partial charge in [-0.05, 0) is 54.3 Å². The molecule has 1 aromatic heterocycles. The summed E-state index contributed by atoms with van der Waals surface area (Å²) in [5.41, 5.74) is 6.67. The minimum Gasteiger partial charge on any atom is -0.481 e. The van der Waals surface area contributed by atoms with Crippen molar-refractivity contribution in [3.63, 3.8) is 0 Å². The van der Waals surface area contributed by atoms with Gasteiger partial charge in [0.2, 0.25) is 0 Å². The second kappa shape index (κ2) is 9.69. The number of benzene rings is 2. The molecule has 0 atom stereocenters. The number of rotatable bonds is 7. The van der Waals surface area contributed by atoms with E-state index >= 15 is 0 Å². The fraction of sp³-hybridized carbons (Fsp3) is 0.174. The van der Waals surface area contributed by atoms with E-state index in [9.17, 15) is 27.6 Å². The first-order valence-corrected chi connectivity index (χ1v) is 10.0. The lowest BCUT2D eigenvalue weighted by molar-refractivity contribution is -0.138. The first-order valence-electron chi connectivity index (χ1n) is 10.0. The Balaban J connectivity index is 1.76. The largest absolute Gasteiger partial charge is 0.481 e. The summed E-state index contributed by atoms with van der Waals surface area (Å²) in [5, 5.41) is 13.8. The predicted octanol–water partition coefficient (Wildman–Crippen LogP) is 4.77. The number of carboxylic acids is 1. The lowest BCUT2D eigenvalue weighted by atomic mass is 9.98. The molecule has 0 spiro atoms. The molecular formula is C23H21F3N4O4. The summed E-state index contributed by atoms with van der Waals surface area (Å²) in [6, 6.07) is 9.01. The van der Waals surface area contributed by atoms with Crippen LogP contribution in [0.3, 0.4) is 0 Å². The third-order valence-corrected chi connectivity index (χ3v) is 5.05. The molecule has 34 heavy (non-hydrogen) atoms. The molecule has 178 valence electrons. The van der Waals surface area contributed by atoms with Crippen molar-refractivity contribution in [3.05, 3.63) is 71.0 Å². The van der Waals surface area contributed by atoms with Crippen LogP contribution in [0.15, 0.2) is 48.7 Å². The summed E-state index contributed by atoms with van der Waals surface area (Å²) in [6.45, 7) is 1.33. The summed E-state index contributed by atoms with van der Waals surface area (Å²) in [5.74, 6) is -1.70. The molecular weight excluding hydrogens is 453 g/mol. The Kier molecular flexibility index (Phi) is 6.94. The van der Waals surface area contributed by atoms with Crippen LogP contribution >= 0.6 is 0 Å². The predicted molar refractivity (Wildman–Crippen MR) is 120 cm³/mol. The highest BCUT2D eigenvalue weighted by Crippen LogP contribution is 2.33. The zero-order valence-corrected chi connectivity index (χ0v) is 17.9. The van der Waals surface area contributed by atoms with E-state index in [1.54, 1.807) is 12.1 Å². The van der Waals surface area contributed by atoms with Crippen LogP contribution in [0.5, 0.6) is 0 Å². The quantitative estimate of drug-likeness (QED) is 0.337. The van der Waals surface area contributed by atoms with Crippen molar-refractivity contribution in [2.45, 2.75) is 25.9 Å². The number of hydrogen-bond acceptors (Lipinski definition) is 3. The summed E-state index contributed by atoms with van der Waals surface area (Å²) in [6.07, 6.45) is -2.99. The van der Waals surface area contributed by atoms with Crippen molar-refractivity contribution in [2.24, 2.45) is 5.73 Å². The van der Waals surface area contributed by atoms with Gasteiger partial charge in [-0.25, -0.2) is 4.79 Å². The molecule has 0 bridgehead atoms. The van der Waals surface area contributed by atoms with Gasteiger partial charge in [0.05, 0.1) is 5.56 Å². The third-order valence-electron chi connectivity index (χ3n) is 5.05. The topological polar surface area (TPSA) is 137 Å². The Morgan fingerprint density at radius 3 is 2.24 bits per heavy atom. The molecule has 0 aliphatic heterocycles. The molecule has 6 N–H and O–H groups in total. The average Bonchev–Trinajstić information content (AvgIpc) is 3.17. The molecule has 0 aliphatic carbocycles. The van der Waals surface area contributed by atoms with E-state index in [2.05, 4.69) is 15.6 Å². The van der Waals surface area contributed by atoms with Crippen LogP contribution in [0.25, 0.3) is 11.1 Å². The Morgan fingerprint density at radius 1 is 1.03 bits per heavy atom. The number of primary amides is 1. The number of nitrogens with one attached hydrogen (secondary N) is 3. The van der Waals surface area contributed by atoms with Gasteiger partial charge in [0.1, 0.15) is 5.69 Å². The highest BCUT2D eigenvalue weighted by Gasteiger charge is 2.32. The number of urea groups is 1. The van der Waals surface area contributed by atoms with Gasteiger partial charge in [-0.2, -0.15) is 13.2 Å². The van der Waals surface area contributed by atoms with E-state index < -0.39 is 29.6 Å². The van der Waals surface area contributed by atoms with Gasteiger partial charge in [0.25, 0.3) is 5.91 Å². The Hall–Kier alpha value is -4.28. The number of nitrogens with two attached hydrogens (primary N) is 1. The number of anilines is 2. The molecule has 3 amide bonds. The monoisotopic (exact) mass is 474 g/mol. The van der Waals surface area contributed by atoms with Crippen molar-refractivity contribution in [3.8, 4) is 11.1 Å². The maximum Gasteiger partial charge on any atom is 0.416 e. The molecule has 0 radical (unpaired) electrons. The number of aliphatic carboxylic acids is 1. The van der Waals surface area contributed by atoms with Gasteiger partial charge in [-0.15, -0.1) is 0 Å². The minimum absolute atomic E-state index is 0.0199. The second-order valence-electron chi connectivity index (χ2n) is 7.51. The molecule has 11 heteroatoms. The van der Waals surface area contributed by atoms with Gasteiger partial charge >= 0.3 is 18.2 Å². The molecule has 0 saturated heterocycles. The molecule has 3 rings (SSSR count). The molecule has 0 fully saturated rings. The Bertz CT molecular complexity index is 1230. The van der Waals surface area contributed by atoms with Crippen LogP contribution in [-0.4, -0.2) is 28.0 Å². The lowest BCUT2D eigenvalue weighted by Gasteiger charge is -2.13. The number of carboxylic acid groups (broad SMARTS) is 1. The highest BCUT2D eigenvalue weighted by molar-refractivity contribution is 6.01. The fourth-order valence-electron chi connectivity index (χ4n) is 3.45. The smallest absolute Gasteiger partial charge is 0.416 e. The fourth-order valence-corrected chi connectivity index (χ4v) is 3.45. The number of aromatic nitrogens is 1. The molecule has 2 aromatic carbocycles. The van der Waals surface area contributed by atoms with Crippen LogP contribution in [0.1, 0.15) is 33.6 Å². The first-order chi connectivity index (χ1) is 16.0. The number of hydrogen-bond donors (Lipinski definition) is 5. The Labute approximate surface area is 192 Å². The molecule has 0 aliphatic rings. The van der Waals surface area contributed by atoms with Gasteiger partial charge < -0.3 is 26.5 Å². The molecule has 3 aromatic rings. The third kappa shape index (κ3) is 5.74. The van der Waals surface area contributed by atoms with E-state index in [0.29, 0.717) is 22.4 Å².